The van der Waals surface area contributed by atoms with Crippen molar-refractivity contribution in [1.82, 2.24) is 10.2 Å². The van der Waals surface area contributed by atoms with E-state index in [-0.39, 0.29) is 0 Å². The highest BCUT2D eigenvalue weighted by molar-refractivity contribution is 4.98. The van der Waals surface area contributed by atoms with Gasteiger partial charge in [-0.2, -0.15) is 0 Å². The Balaban J connectivity index is 1.52. The Morgan fingerprint density at radius 2 is 1.93 bits per heavy atom. The van der Waals surface area contributed by atoms with Crippen LogP contribution in [0, 0.1) is 5.92 Å². The van der Waals surface area contributed by atoms with Crippen LogP contribution in [0.2, 0.25) is 0 Å². The van der Waals surface area contributed by atoms with Gasteiger partial charge in [0.05, 0.1) is 0 Å². The van der Waals surface area contributed by atoms with Crippen molar-refractivity contribution in [2.24, 2.45) is 5.92 Å². The lowest BCUT2D eigenvalue weighted by Crippen LogP contribution is -2.46. The maximum Gasteiger partial charge on any atom is 0.0226 e. The molecule has 80 valence electrons. The van der Waals surface area contributed by atoms with Crippen molar-refractivity contribution >= 4 is 0 Å². The largest absolute Gasteiger partial charge is 0.310 e. The molecule has 3 aliphatic rings. The number of rotatable bonds is 2. The van der Waals surface area contributed by atoms with Crippen LogP contribution in [0.25, 0.3) is 0 Å². The van der Waals surface area contributed by atoms with Gasteiger partial charge in [0.25, 0.3) is 0 Å². The molecule has 1 N–H and O–H groups in total. The molecular formula is C12H22N2. The van der Waals surface area contributed by atoms with Crippen molar-refractivity contribution in [2.45, 2.75) is 50.6 Å². The van der Waals surface area contributed by atoms with Crippen LogP contribution in [-0.4, -0.2) is 36.6 Å². The molecule has 2 nitrogen and oxygen atoms in total. The van der Waals surface area contributed by atoms with Crippen LogP contribution < -0.4 is 5.32 Å². The van der Waals surface area contributed by atoms with E-state index in [1.165, 1.54) is 58.2 Å². The zero-order valence-electron chi connectivity index (χ0n) is 9.04. The molecule has 0 spiro atoms. The second-order valence-electron chi connectivity index (χ2n) is 5.40. The van der Waals surface area contributed by atoms with E-state index in [2.05, 4.69) is 10.2 Å². The van der Waals surface area contributed by atoms with Gasteiger partial charge < -0.3 is 10.2 Å². The lowest BCUT2D eigenvalue weighted by atomic mass is 9.98. The lowest BCUT2D eigenvalue weighted by Gasteiger charge is -2.32. The predicted molar refractivity (Wildman–Crippen MR) is 58.3 cm³/mol. The van der Waals surface area contributed by atoms with Crippen LogP contribution in [0.5, 0.6) is 0 Å². The molecule has 14 heavy (non-hydrogen) atoms. The first kappa shape index (κ1) is 9.17. The predicted octanol–water partition coefficient (Wildman–Crippen LogP) is 1.61. The van der Waals surface area contributed by atoms with Crippen molar-refractivity contribution in [3.8, 4) is 0 Å². The summed E-state index contributed by atoms with van der Waals surface area (Å²) in [5.74, 6) is 1.02. The molecule has 0 radical (unpaired) electrons. The molecule has 0 aromatic carbocycles. The van der Waals surface area contributed by atoms with Gasteiger partial charge in [0.2, 0.25) is 0 Å². The van der Waals surface area contributed by atoms with Gasteiger partial charge in [-0.1, -0.05) is 6.42 Å². The fourth-order valence-electron chi connectivity index (χ4n) is 3.59. The van der Waals surface area contributed by atoms with Crippen molar-refractivity contribution in [3.63, 3.8) is 0 Å². The first-order valence-electron chi connectivity index (χ1n) is 6.40. The van der Waals surface area contributed by atoms with Gasteiger partial charge >= 0.3 is 0 Å². The summed E-state index contributed by atoms with van der Waals surface area (Å²) in [7, 11) is 0. The topological polar surface area (TPSA) is 15.3 Å². The van der Waals surface area contributed by atoms with Gasteiger partial charge in [-0.15, -0.1) is 0 Å². The molecule has 1 saturated carbocycles. The molecule has 0 amide bonds. The second kappa shape index (κ2) is 3.82. The Morgan fingerprint density at radius 1 is 1.07 bits per heavy atom. The Hall–Kier alpha value is -0.0800. The molecule has 3 rings (SSSR count). The number of fused-ring (bicyclic) bond motifs is 2. The summed E-state index contributed by atoms with van der Waals surface area (Å²) in [4.78, 5) is 2.68. The van der Waals surface area contributed by atoms with E-state index in [1.54, 1.807) is 0 Å². The van der Waals surface area contributed by atoms with Crippen LogP contribution in [0.3, 0.4) is 0 Å². The minimum absolute atomic E-state index is 0.840. The van der Waals surface area contributed by atoms with Gasteiger partial charge in [0.15, 0.2) is 0 Å². The summed E-state index contributed by atoms with van der Waals surface area (Å²) in [6.07, 6.45) is 8.73. The third kappa shape index (κ3) is 1.70. The van der Waals surface area contributed by atoms with Crippen LogP contribution in [-0.2, 0) is 0 Å². The summed E-state index contributed by atoms with van der Waals surface area (Å²) >= 11 is 0. The maximum absolute atomic E-state index is 3.80. The summed E-state index contributed by atoms with van der Waals surface area (Å²) in [6, 6.07) is 1.72. The van der Waals surface area contributed by atoms with Gasteiger partial charge in [0, 0.05) is 18.6 Å². The Morgan fingerprint density at radius 3 is 2.57 bits per heavy atom. The molecule has 2 aliphatic heterocycles. The summed E-state index contributed by atoms with van der Waals surface area (Å²) in [6.45, 7) is 4.05. The van der Waals surface area contributed by atoms with Gasteiger partial charge in [0.1, 0.15) is 0 Å². The van der Waals surface area contributed by atoms with Crippen molar-refractivity contribution in [1.29, 1.82) is 0 Å². The first-order chi connectivity index (χ1) is 6.92. The van der Waals surface area contributed by atoms with E-state index in [0.717, 1.165) is 18.0 Å². The number of hydrogen-bond acceptors (Lipinski definition) is 2. The molecule has 2 saturated heterocycles. The van der Waals surface area contributed by atoms with Crippen LogP contribution >= 0.6 is 0 Å². The molecule has 0 aromatic rings. The molecular weight excluding hydrogens is 172 g/mol. The molecule has 3 atom stereocenters. The lowest BCUT2D eigenvalue weighted by molar-refractivity contribution is 0.187. The SMILES string of the molecule is C1CCN(C[C@@H]2N[C@H]3CC[C@@H]2C3)CC1. The van der Waals surface area contributed by atoms with E-state index in [1.807, 2.05) is 0 Å². The van der Waals surface area contributed by atoms with Gasteiger partial charge in [-0.05, 0) is 51.1 Å². The smallest absolute Gasteiger partial charge is 0.0226 e. The minimum Gasteiger partial charge on any atom is -0.310 e. The number of nitrogens with one attached hydrogen (secondary N) is 1. The summed E-state index contributed by atoms with van der Waals surface area (Å²) in [5, 5.41) is 3.80. The normalized spacial score (nSPS) is 43.3. The van der Waals surface area contributed by atoms with Gasteiger partial charge in [-0.25, -0.2) is 0 Å². The monoisotopic (exact) mass is 194 g/mol. The quantitative estimate of drug-likeness (QED) is 0.718. The third-order valence-electron chi connectivity index (χ3n) is 4.40. The standard InChI is InChI=1S/C12H22N2/c1-2-6-14(7-3-1)9-12-10-4-5-11(8-10)13-12/h10-13H,1-9H2/t10-,11+,12+/m1/s1. The molecule has 0 unspecified atom stereocenters. The van der Waals surface area contributed by atoms with Crippen molar-refractivity contribution in [2.75, 3.05) is 19.6 Å². The highest BCUT2D eigenvalue weighted by Crippen LogP contribution is 2.35. The minimum atomic E-state index is 0.840. The van der Waals surface area contributed by atoms with Crippen LogP contribution in [0.1, 0.15) is 38.5 Å². The van der Waals surface area contributed by atoms with E-state index >= 15 is 0 Å². The molecule has 2 heteroatoms. The number of nitrogens with zero attached hydrogens (tertiary/aromatic N) is 1. The van der Waals surface area contributed by atoms with Crippen molar-refractivity contribution in [3.05, 3.63) is 0 Å². The summed E-state index contributed by atoms with van der Waals surface area (Å²) < 4.78 is 0. The average molecular weight is 194 g/mol. The van der Waals surface area contributed by atoms with E-state index in [4.69, 9.17) is 0 Å². The number of piperidine rings is 2. The summed E-state index contributed by atoms with van der Waals surface area (Å²) in [5.41, 5.74) is 0. The molecule has 2 bridgehead atoms. The van der Waals surface area contributed by atoms with Gasteiger partial charge in [-0.3, -0.25) is 0 Å². The van der Waals surface area contributed by atoms with E-state index < -0.39 is 0 Å². The third-order valence-corrected chi connectivity index (χ3v) is 4.40. The molecule has 0 aromatic heterocycles. The Kier molecular flexibility index (Phi) is 2.50. The highest BCUT2D eigenvalue weighted by Gasteiger charge is 2.39. The maximum atomic E-state index is 3.80. The second-order valence-corrected chi connectivity index (χ2v) is 5.40. The Bertz CT molecular complexity index is 198. The Labute approximate surface area is 87.0 Å². The molecule has 1 aliphatic carbocycles. The number of hydrogen-bond donors (Lipinski definition) is 1. The molecule has 2 heterocycles. The van der Waals surface area contributed by atoms with Crippen LogP contribution in [0.15, 0.2) is 0 Å². The van der Waals surface area contributed by atoms with E-state index in [0.29, 0.717) is 0 Å². The zero-order valence-corrected chi connectivity index (χ0v) is 9.04. The molecule has 3 fully saturated rings. The fourth-order valence-corrected chi connectivity index (χ4v) is 3.59. The van der Waals surface area contributed by atoms with Crippen molar-refractivity contribution < 1.29 is 0 Å². The first-order valence-corrected chi connectivity index (χ1v) is 6.40. The average Bonchev–Trinajstić information content (AvgIpc) is 2.81. The fraction of sp³-hybridized carbons (Fsp3) is 1.00. The van der Waals surface area contributed by atoms with E-state index in [9.17, 15) is 0 Å². The van der Waals surface area contributed by atoms with Crippen LogP contribution in [0.4, 0.5) is 0 Å². The highest BCUT2D eigenvalue weighted by atomic mass is 15.2. The zero-order chi connectivity index (χ0) is 9.38. The number of likely N-dealkylation sites (tertiary alicyclic amines) is 1.